The van der Waals surface area contributed by atoms with Crippen LogP contribution in [0.15, 0.2) is 30.3 Å². The summed E-state index contributed by atoms with van der Waals surface area (Å²) in [5, 5.41) is 0.830. The Balaban J connectivity index is 2.07. The molecule has 0 N–H and O–H groups in total. The molecule has 128 valence electrons. The normalized spacial score (nSPS) is 13.9. The van der Waals surface area contributed by atoms with E-state index in [4.69, 9.17) is 11.2 Å². The van der Waals surface area contributed by atoms with Crippen LogP contribution in [0.4, 0.5) is 13.2 Å². The van der Waals surface area contributed by atoms with E-state index in [9.17, 15) is 22.8 Å². The van der Waals surface area contributed by atoms with Crippen LogP contribution in [0.3, 0.4) is 0 Å². The number of ether oxygens (including phenoxy) is 1. The van der Waals surface area contributed by atoms with Crippen LogP contribution in [0.25, 0.3) is 10.8 Å². The smallest absolute Gasteiger partial charge is 0.470 e. The molecule has 0 aliphatic carbocycles. The molecule has 0 radical (unpaired) electrons. The second-order valence-corrected chi connectivity index (χ2v) is 5.62. The molecule has 0 aromatic heterocycles. The second kappa shape index (κ2) is 6.31. The fourth-order valence-corrected chi connectivity index (χ4v) is 2.73. The molecule has 0 saturated heterocycles. The molecule has 25 heavy (non-hydrogen) atoms. The van der Waals surface area contributed by atoms with Crippen molar-refractivity contribution in [3.8, 4) is 18.1 Å². The molecular formula is C16H8F3NO4S. The van der Waals surface area contributed by atoms with E-state index >= 15 is 0 Å². The lowest BCUT2D eigenvalue weighted by atomic mass is 9.94. The monoisotopic (exact) mass is 367 g/mol. The van der Waals surface area contributed by atoms with Gasteiger partial charge in [-0.3, -0.25) is 9.59 Å². The third kappa shape index (κ3) is 3.14. The molecule has 3 rings (SSSR count). The molecule has 2 aromatic carbocycles. The Morgan fingerprint density at radius 1 is 1.12 bits per heavy atom. The quantitative estimate of drug-likeness (QED) is 0.470. The summed E-state index contributed by atoms with van der Waals surface area (Å²) in [5.74, 6) is 0.676. The SMILES string of the molecule is C#CCOc1ccc2c3c(cccc13)C(=O)N(OSC(F)(F)F)C2=O. The van der Waals surface area contributed by atoms with E-state index < -0.39 is 29.4 Å². The lowest BCUT2D eigenvalue weighted by Gasteiger charge is -2.25. The van der Waals surface area contributed by atoms with Gasteiger partial charge in [0.2, 0.25) is 0 Å². The van der Waals surface area contributed by atoms with Crippen LogP contribution in [0.1, 0.15) is 20.7 Å². The first-order valence-electron chi connectivity index (χ1n) is 6.77. The van der Waals surface area contributed by atoms with Gasteiger partial charge in [-0.15, -0.1) is 11.5 Å². The number of carbonyl (C=O) groups is 2. The fourth-order valence-electron chi connectivity index (χ4n) is 2.44. The Kier molecular flexibility index (Phi) is 4.32. The first-order chi connectivity index (χ1) is 11.8. The van der Waals surface area contributed by atoms with Crippen molar-refractivity contribution in [2.45, 2.75) is 5.51 Å². The molecule has 0 spiro atoms. The number of benzene rings is 2. The first kappa shape index (κ1) is 17.1. The van der Waals surface area contributed by atoms with Crippen LogP contribution < -0.4 is 4.74 Å². The van der Waals surface area contributed by atoms with Gasteiger partial charge in [-0.05, 0) is 18.2 Å². The molecule has 0 unspecified atom stereocenters. The van der Waals surface area contributed by atoms with Crippen LogP contribution in [0.2, 0.25) is 0 Å². The van der Waals surface area contributed by atoms with Gasteiger partial charge in [0, 0.05) is 10.8 Å². The van der Waals surface area contributed by atoms with Crippen LogP contribution in [-0.4, -0.2) is 29.0 Å². The zero-order chi connectivity index (χ0) is 18.2. The zero-order valence-corrected chi connectivity index (χ0v) is 13.1. The molecular weight excluding hydrogens is 359 g/mol. The van der Waals surface area contributed by atoms with Gasteiger partial charge in [0.05, 0.1) is 11.1 Å². The molecule has 0 fully saturated rings. The highest BCUT2D eigenvalue weighted by atomic mass is 32.2. The van der Waals surface area contributed by atoms with Crippen molar-refractivity contribution < 1.29 is 31.8 Å². The summed E-state index contributed by atoms with van der Waals surface area (Å²) in [5.41, 5.74) is -4.71. The van der Waals surface area contributed by atoms with Crippen molar-refractivity contribution >= 4 is 34.6 Å². The minimum atomic E-state index is -4.76. The van der Waals surface area contributed by atoms with Crippen molar-refractivity contribution in [3.63, 3.8) is 0 Å². The second-order valence-electron chi connectivity index (χ2n) is 4.84. The number of alkyl halides is 3. The zero-order valence-electron chi connectivity index (χ0n) is 12.3. The number of nitrogens with zero attached hydrogens (tertiary/aromatic N) is 1. The third-order valence-electron chi connectivity index (χ3n) is 3.35. The predicted molar refractivity (Wildman–Crippen MR) is 83.5 cm³/mol. The van der Waals surface area contributed by atoms with Gasteiger partial charge in [0.25, 0.3) is 11.8 Å². The highest BCUT2D eigenvalue weighted by molar-refractivity contribution is 7.95. The standard InChI is InChI=1S/C16H8F3NO4S/c1-2-8-23-12-7-6-11-13-9(12)4-3-5-10(13)14(21)20(15(11)22)24-25-16(17,18)19/h1,3-7H,8H2. The summed E-state index contributed by atoms with van der Waals surface area (Å²) >= 11 is -0.937. The number of imide groups is 1. The summed E-state index contributed by atoms with van der Waals surface area (Å²) in [7, 11) is 0. The maximum Gasteiger partial charge on any atom is 0.470 e. The van der Waals surface area contributed by atoms with Gasteiger partial charge < -0.3 is 4.74 Å². The number of carbonyl (C=O) groups excluding carboxylic acids is 2. The Hall–Kier alpha value is -2.70. The van der Waals surface area contributed by atoms with Crippen molar-refractivity contribution in [3.05, 3.63) is 41.5 Å². The number of hydroxylamine groups is 2. The van der Waals surface area contributed by atoms with E-state index in [0.29, 0.717) is 11.1 Å². The van der Waals surface area contributed by atoms with E-state index in [0.717, 1.165) is 0 Å². The van der Waals surface area contributed by atoms with Crippen LogP contribution in [0.5, 0.6) is 5.75 Å². The van der Waals surface area contributed by atoms with Gasteiger partial charge >= 0.3 is 5.51 Å². The van der Waals surface area contributed by atoms with Crippen molar-refractivity contribution in [2.75, 3.05) is 6.61 Å². The molecule has 0 saturated carbocycles. The largest absolute Gasteiger partial charge is 0.480 e. The van der Waals surface area contributed by atoms with Gasteiger partial charge in [-0.2, -0.15) is 17.5 Å². The van der Waals surface area contributed by atoms with E-state index in [2.05, 4.69) is 10.2 Å². The van der Waals surface area contributed by atoms with E-state index in [-0.39, 0.29) is 28.2 Å². The minimum absolute atomic E-state index is 0.0158. The van der Waals surface area contributed by atoms with Crippen LogP contribution in [0, 0.1) is 12.3 Å². The highest BCUT2D eigenvalue weighted by Crippen LogP contribution is 2.38. The molecule has 0 bridgehead atoms. The summed E-state index contributed by atoms with van der Waals surface area (Å²) in [6, 6.07) is 7.34. The minimum Gasteiger partial charge on any atom is -0.480 e. The van der Waals surface area contributed by atoms with Crippen LogP contribution >= 0.6 is 12.0 Å². The first-order valence-corrected chi connectivity index (χ1v) is 7.51. The average molecular weight is 367 g/mol. The molecule has 0 atom stereocenters. The fraction of sp³-hybridized carbons (Fsp3) is 0.125. The molecule has 9 heteroatoms. The van der Waals surface area contributed by atoms with Crippen molar-refractivity contribution in [2.24, 2.45) is 0 Å². The maximum atomic E-state index is 12.4. The molecule has 1 heterocycles. The molecule has 2 amide bonds. The number of hydrogen-bond donors (Lipinski definition) is 0. The number of rotatable bonds is 4. The van der Waals surface area contributed by atoms with Crippen molar-refractivity contribution in [1.29, 1.82) is 0 Å². The Morgan fingerprint density at radius 3 is 2.44 bits per heavy atom. The third-order valence-corrected chi connectivity index (χ3v) is 3.76. The van der Waals surface area contributed by atoms with Gasteiger partial charge in [0.1, 0.15) is 24.4 Å². The summed E-state index contributed by atoms with van der Waals surface area (Å²) < 4.78 is 46.7. The van der Waals surface area contributed by atoms with Gasteiger partial charge in [0.15, 0.2) is 0 Å². The van der Waals surface area contributed by atoms with Crippen LogP contribution in [-0.2, 0) is 4.28 Å². The summed E-state index contributed by atoms with van der Waals surface area (Å²) in [6.45, 7) is -0.0158. The van der Waals surface area contributed by atoms with E-state index in [1.165, 1.54) is 24.3 Å². The average Bonchev–Trinajstić information content (AvgIpc) is 2.57. The number of hydrogen-bond acceptors (Lipinski definition) is 5. The van der Waals surface area contributed by atoms with Gasteiger partial charge in [-0.25, -0.2) is 0 Å². The molecule has 5 nitrogen and oxygen atoms in total. The topological polar surface area (TPSA) is 55.8 Å². The molecule has 1 aliphatic heterocycles. The molecule has 2 aromatic rings. The predicted octanol–water partition coefficient (Wildman–Crippen LogP) is 3.55. The van der Waals surface area contributed by atoms with Crippen molar-refractivity contribution in [1.82, 2.24) is 5.06 Å². The maximum absolute atomic E-state index is 12.4. The van der Waals surface area contributed by atoms with E-state index in [1.807, 2.05) is 0 Å². The Morgan fingerprint density at radius 2 is 1.80 bits per heavy atom. The highest BCUT2D eigenvalue weighted by Gasteiger charge is 2.39. The van der Waals surface area contributed by atoms with Gasteiger partial charge in [-0.1, -0.05) is 18.1 Å². The lowest BCUT2D eigenvalue weighted by molar-refractivity contribution is -0.0570. The number of amides is 2. The van der Waals surface area contributed by atoms with E-state index in [1.54, 1.807) is 6.07 Å². The molecule has 1 aliphatic rings. The number of halogens is 3. The summed E-state index contributed by atoms with van der Waals surface area (Å²) in [6.07, 6.45) is 5.15. The lowest BCUT2D eigenvalue weighted by Crippen LogP contribution is -2.39. The summed E-state index contributed by atoms with van der Waals surface area (Å²) in [4.78, 5) is 24.8. The Labute approximate surface area is 143 Å². The Bertz CT molecular complexity index is 898. The number of terminal acetylenes is 1.